The molecule has 2 heterocycles. The van der Waals surface area contributed by atoms with Crippen LogP contribution in [0.15, 0.2) is 30.3 Å². The molecule has 25 heavy (non-hydrogen) atoms. The first kappa shape index (κ1) is 16.9. The zero-order chi connectivity index (χ0) is 17.6. The van der Waals surface area contributed by atoms with Crippen LogP contribution in [-0.2, 0) is 4.79 Å². The third kappa shape index (κ3) is 4.14. The number of carbonyl (C=O) groups excluding carboxylic acids is 2. The van der Waals surface area contributed by atoms with Crippen LogP contribution in [0.25, 0.3) is 11.4 Å². The Bertz CT molecular complexity index is 722. The van der Waals surface area contributed by atoms with E-state index in [-0.39, 0.29) is 24.4 Å². The highest BCUT2D eigenvalue weighted by Gasteiger charge is 2.26. The summed E-state index contributed by atoms with van der Waals surface area (Å²) in [6.07, 6.45) is 1.66. The van der Waals surface area contributed by atoms with Crippen molar-refractivity contribution in [1.29, 1.82) is 0 Å². The van der Waals surface area contributed by atoms with Gasteiger partial charge in [0.25, 0.3) is 0 Å². The molecule has 1 aromatic carbocycles. The second-order valence-corrected chi connectivity index (χ2v) is 6.00. The molecule has 0 saturated carbocycles. The summed E-state index contributed by atoms with van der Waals surface area (Å²) in [6, 6.07) is 9.49. The van der Waals surface area contributed by atoms with Gasteiger partial charge < -0.3 is 15.5 Å². The summed E-state index contributed by atoms with van der Waals surface area (Å²) in [7, 11) is 1.52. The zero-order valence-corrected chi connectivity index (χ0v) is 14.2. The molecule has 1 aliphatic heterocycles. The molecule has 132 valence electrons. The second kappa shape index (κ2) is 7.78. The highest BCUT2D eigenvalue weighted by atomic mass is 16.2. The van der Waals surface area contributed by atoms with E-state index < -0.39 is 0 Å². The minimum Gasteiger partial charge on any atom is -0.341 e. The fourth-order valence-electron chi connectivity index (χ4n) is 2.93. The summed E-state index contributed by atoms with van der Waals surface area (Å²) < 4.78 is 0. The van der Waals surface area contributed by atoms with Crippen LogP contribution < -0.4 is 10.6 Å². The van der Waals surface area contributed by atoms with E-state index in [2.05, 4.69) is 25.8 Å². The first-order valence-corrected chi connectivity index (χ1v) is 8.38. The SMILES string of the molecule is CNC(=O)NCC(=O)N1CCC(c2nc(-c3ccccc3)n[nH]2)CC1. The molecule has 0 unspecified atom stereocenters. The molecule has 8 heteroatoms. The van der Waals surface area contributed by atoms with Gasteiger partial charge in [0.05, 0.1) is 6.54 Å². The van der Waals surface area contributed by atoms with Crippen LogP contribution in [0.5, 0.6) is 0 Å². The number of carbonyl (C=O) groups is 2. The van der Waals surface area contributed by atoms with E-state index in [1.165, 1.54) is 7.05 Å². The van der Waals surface area contributed by atoms with E-state index in [9.17, 15) is 9.59 Å². The molecule has 1 aromatic heterocycles. The number of nitrogens with zero attached hydrogens (tertiary/aromatic N) is 3. The van der Waals surface area contributed by atoms with Gasteiger partial charge in [-0.2, -0.15) is 5.10 Å². The number of hydrogen-bond donors (Lipinski definition) is 3. The highest BCUT2D eigenvalue weighted by molar-refractivity contribution is 5.83. The van der Waals surface area contributed by atoms with Crippen LogP contribution in [0, 0.1) is 0 Å². The Morgan fingerprint density at radius 3 is 2.64 bits per heavy atom. The van der Waals surface area contributed by atoms with Crippen molar-refractivity contribution in [3.8, 4) is 11.4 Å². The molecule has 0 aliphatic carbocycles. The summed E-state index contributed by atoms with van der Waals surface area (Å²) in [5, 5.41) is 12.3. The Labute approximate surface area is 146 Å². The largest absolute Gasteiger partial charge is 0.341 e. The zero-order valence-electron chi connectivity index (χ0n) is 14.2. The maximum Gasteiger partial charge on any atom is 0.314 e. The van der Waals surface area contributed by atoms with E-state index in [4.69, 9.17) is 0 Å². The third-order valence-corrected chi connectivity index (χ3v) is 4.40. The summed E-state index contributed by atoms with van der Waals surface area (Å²) in [5.41, 5.74) is 0.984. The standard InChI is InChI=1S/C17H22N6O2/c1-18-17(25)19-11-14(24)23-9-7-13(8-10-23)16-20-15(21-22-16)12-5-3-2-4-6-12/h2-6,13H,7-11H2,1H3,(H2,18,19,25)(H,20,21,22). The maximum atomic E-state index is 12.1. The quantitative estimate of drug-likeness (QED) is 0.774. The van der Waals surface area contributed by atoms with Crippen molar-refractivity contribution in [2.24, 2.45) is 0 Å². The molecular weight excluding hydrogens is 320 g/mol. The van der Waals surface area contributed by atoms with Crippen LogP contribution in [0.3, 0.4) is 0 Å². The molecule has 3 amide bonds. The van der Waals surface area contributed by atoms with Gasteiger partial charge in [-0.05, 0) is 12.8 Å². The number of aromatic nitrogens is 3. The Morgan fingerprint density at radius 1 is 1.24 bits per heavy atom. The predicted octanol–water partition coefficient (Wildman–Crippen LogP) is 1.11. The molecular formula is C17H22N6O2. The van der Waals surface area contributed by atoms with Crippen LogP contribution >= 0.6 is 0 Å². The first-order valence-electron chi connectivity index (χ1n) is 8.38. The van der Waals surface area contributed by atoms with Crippen molar-refractivity contribution >= 4 is 11.9 Å². The van der Waals surface area contributed by atoms with Gasteiger partial charge in [-0.1, -0.05) is 30.3 Å². The number of amides is 3. The lowest BCUT2D eigenvalue weighted by atomic mass is 9.96. The number of rotatable bonds is 4. The van der Waals surface area contributed by atoms with Gasteiger partial charge in [-0.25, -0.2) is 9.78 Å². The smallest absolute Gasteiger partial charge is 0.314 e. The van der Waals surface area contributed by atoms with Crippen LogP contribution in [-0.4, -0.2) is 58.7 Å². The number of benzene rings is 1. The predicted molar refractivity (Wildman–Crippen MR) is 92.8 cm³/mol. The average molecular weight is 342 g/mol. The summed E-state index contributed by atoms with van der Waals surface area (Å²) in [4.78, 5) is 29.6. The third-order valence-electron chi connectivity index (χ3n) is 4.40. The lowest BCUT2D eigenvalue weighted by Gasteiger charge is -2.31. The second-order valence-electron chi connectivity index (χ2n) is 6.00. The number of nitrogens with one attached hydrogen (secondary N) is 3. The summed E-state index contributed by atoms with van der Waals surface area (Å²) in [6.45, 7) is 1.32. The van der Waals surface area contributed by atoms with Crippen LogP contribution in [0.2, 0.25) is 0 Å². The molecule has 8 nitrogen and oxygen atoms in total. The topological polar surface area (TPSA) is 103 Å². The van der Waals surface area contributed by atoms with Crippen molar-refractivity contribution in [3.63, 3.8) is 0 Å². The normalized spacial score (nSPS) is 15.0. The van der Waals surface area contributed by atoms with Gasteiger partial charge >= 0.3 is 6.03 Å². The molecule has 0 atom stereocenters. The monoisotopic (exact) mass is 342 g/mol. The maximum absolute atomic E-state index is 12.1. The fraction of sp³-hybridized carbons (Fsp3) is 0.412. The van der Waals surface area contributed by atoms with Gasteiger partial charge in [0, 0.05) is 31.6 Å². The number of aromatic amines is 1. The van der Waals surface area contributed by atoms with Crippen molar-refractivity contribution in [1.82, 2.24) is 30.7 Å². The molecule has 3 N–H and O–H groups in total. The Kier molecular flexibility index (Phi) is 5.27. The van der Waals surface area contributed by atoms with E-state index in [1.54, 1.807) is 4.90 Å². The number of likely N-dealkylation sites (tertiary alicyclic amines) is 1. The molecule has 3 rings (SSSR count). The fourth-order valence-corrected chi connectivity index (χ4v) is 2.93. The van der Waals surface area contributed by atoms with Gasteiger partial charge in [0.15, 0.2) is 5.82 Å². The minimum absolute atomic E-state index is 0.0187. The van der Waals surface area contributed by atoms with Gasteiger partial charge in [0.2, 0.25) is 5.91 Å². The van der Waals surface area contributed by atoms with Crippen molar-refractivity contribution < 1.29 is 9.59 Å². The van der Waals surface area contributed by atoms with Gasteiger partial charge in [0.1, 0.15) is 5.82 Å². The number of piperidine rings is 1. The number of urea groups is 1. The number of hydrogen-bond acceptors (Lipinski definition) is 4. The molecule has 0 spiro atoms. The van der Waals surface area contributed by atoms with Crippen molar-refractivity contribution in [3.05, 3.63) is 36.2 Å². The van der Waals surface area contributed by atoms with Gasteiger partial charge in [-0.3, -0.25) is 9.89 Å². The molecule has 1 saturated heterocycles. The average Bonchev–Trinajstić information content (AvgIpc) is 3.17. The number of H-pyrrole nitrogens is 1. The first-order chi connectivity index (χ1) is 12.2. The Morgan fingerprint density at radius 2 is 1.96 bits per heavy atom. The van der Waals surface area contributed by atoms with Gasteiger partial charge in [-0.15, -0.1) is 0 Å². The minimum atomic E-state index is -0.349. The lowest BCUT2D eigenvalue weighted by molar-refractivity contribution is -0.131. The van der Waals surface area contributed by atoms with Crippen LogP contribution in [0.1, 0.15) is 24.6 Å². The molecule has 2 aromatic rings. The van der Waals surface area contributed by atoms with Crippen molar-refractivity contribution in [2.75, 3.05) is 26.7 Å². The Hall–Kier alpha value is -2.90. The Balaban J connectivity index is 1.53. The van der Waals surface area contributed by atoms with E-state index >= 15 is 0 Å². The van der Waals surface area contributed by atoms with E-state index in [0.717, 1.165) is 24.2 Å². The molecule has 0 radical (unpaired) electrons. The molecule has 1 aliphatic rings. The lowest BCUT2D eigenvalue weighted by Crippen LogP contribution is -2.45. The van der Waals surface area contributed by atoms with E-state index in [0.29, 0.717) is 18.9 Å². The van der Waals surface area contributed by atoms with Crippen molar-refractivity contribution in [2.45, 2.75) is 18.8 Å². The van der Waals surface area contributed by atoms with E-state index in [1.807, 2.05) is 30.3 Å². The summed E-state index contributed by atoms with van der Waals surface area (Å²) >= 11 is 0. The summed E-state index contributed by atoms with van der Waals surface area (Å²) in [5.74, 6) is 1.77. The molecule has 0 bridgehead atoms. The van der Waals surface area contributed by atoms with Crippen LogP contribution in [0.4, 0.5) is 4.79 Å². The molecule has 1 fully saturated rings. The highest BCUT2D eigenvalue weighted by Crippen LogP contribution is 2.26.